The van der Waals surface area contributed by atoms with Gasteiger partial charge in [0.1, 0.15) is 0 Å². The smallest absolute Gasteiger partial charge is 0.321 e. The van der Waals surface area contributed by atoms with E-state index in [2.05, 4.69) is 26.3 Å². The maximum atomic E-state index is 12.6. The van der Waals surface area contributed by atoms with Crippen LogP contribution in [0, 0.1) is 0 Å². The molecule has 0 aliphatic rings. The van der Waals surface area contributed by atoms with Gasteiger partial charge in [-0.15, -0.1) is 0 Å². The molecule has 2 rings (SSSR count). The van der Waals surface area contributed by atoms with Crippen molar-refractivity contribution in [2.24, 2.45) is 7.05 Å². The van der Waals surface area contributed by atoms with Crippen LogP contribution in [0.15, 0.2) is 35.1 Å². The second kappa shape index (κ2) is 5.28. The van der Waals surface area contributed by atoms with E-state index in [1.165, 1.54) is 23.1 Å². The number of hydrogen-bond acceptors (Lipinski definition) is 2. The highest BCUT2D eigenvalue weighted by atomic mass is 79.9. The van der Waals surface area contributed by atoms with Gasteiger partial charge in [-0.05, 0) is 34.1 Å². The van der Waals surface area contributed by atoms with Crippen LogP contribution in [0.3, 0.4) is 0 Å². The molecule has 8 heteroatoms. The van der Waals surface area contributed by atoms with E-state index in [1.54, 1.807) is 7.05 Å². The molecular weight excluding hydrogens is 339 g/mol. The van der Waals surface area contributed by atoms with Crippen LogP contribution in [0.4, 0.5) is 18.9 Å². The molecule has 0 saturated carbocycles. The SMILES string of the molecule is Cn1cc(C(=O)Nc2cc(C(F)(F)F)ccc2Br)cn1. The number of aryl methyl sites for hydroxylation is 1. The summed E-state index contributed by atoms with van der Waals surface area (Å²) >= 11 is 3.10. The summed E-state index contributed by atoms with van der Waals surface area (Å²) < 4.78 is 39.7. The number of carbonyl (C=O) groups excluding carboxylic acids is 1. The van der Waals surface area contributed by atoms with Gasteiger partial charge in [-0.1, -0.05) is 0 Å². The highest BCUT2D eigenvalue weighted by Gasteiger charge is 2.31. The Bertz CT molecular complexity index is 652. The van der Waals surface area contributed by atoms with E-state index in [1.807, 2.05) is 0 Å². The molecule has 0 saturated heterocycles. The third kappa shape index (κ3) is 3.19. The summed E-state index contributed by atoms with van der Waals surface area (Å²) in [7, 11) is 1.64. The van der Waals surface area contributed by atoms with E-state index in [0.717, 1.165) is 12.1 Å². The number of anilines is 1. The zero-order chi connectivity index (χ0) is 14.9. The summed E-state index contributed by atoms with van der Waals surface area (Å²) in [6.45, 7) is 0. The molecule has 0 fully saturated rings. The van der Waals surface area contributed by atoms with Crippen LogP contribution >= 0.6 is 15.9 Å². The molecule has 0 aliphatic heterocycles. The molecule has 0 aliphatic carbocycles. The average molecular weight is 348 g/mol. The second-order valence-electron chi connectivity index (χ2n) is 4.05. The number of nitrogens with zero attached hydrogens (tertiary/aromatic N) is 2. The van der Waals surface area contributed by atoms with Gasteiger partial charge in [0.2, 0.25) is 0 Å². The van der Waals surface area contributed by atoms with Crippen molar-refractivity contribution < 1.29 is 18.0 Å². The summed E-state index contributed by atoms with van der Waals surface area (Å²) in [6, 6.07) is 3.05. The lowest BCUT2D eigenvalue weighted by atomic mass is 10.2. The maximum absolute atomic E-state index is 12.6. The minimum absolute atomic E-state index is 0.0497. The molecule has 0 radical (unpaired) electrons. The topological polar surface area (TPSA) is 46.9 Å². The molecule has 1 amide bonds. The third-order valence-corrected chi connectivity index (χ3v) is 3.20. The normalized spacial score (nSPS) is 11.4. The fourth-order valence-electron chi connectivity index (χ4n) is 1.53. The Labute approximate surface area is 120 Å². The molecule has 20 heavy (non-hydrogen) atoms. The number of nitrogens with one attached hydrogen (secondary N) is 1. The number of aromatic nitrogens is 2. The molecule has 1 heterocycles. The van der Waals surface area contributed by atoms with Crippen molar-refractivity contribution in [3.63, 3.8) is 0 Å². The predicted molar refractivity (Wildman–Crippen MR) is 70.3 cm³/mol. The Morgan fingerprint density at radius 3 is 2.65 bits per heavy atom. The molecule has 0 bridgehead atoms. The zero-order valence-electron chi connectivity index (χ0n) is 10.2. The van der Waals surface area contributed by atoms with E-state index >= 15 is 0 Å². The van der Waals surface area contributed by atoms with Gasteiger partial charge in [-0.2, -0.15) is 18.3 Å². The summed E-state index contributed by atoms with van der Waals surface area (Å²) in [5.74, 6) is -0.530. The van der Waals surface area contributed by atoms with Crippen molar-refractivity contribution in [2.45, 2.75) is 6.18 Å². The largest absolute Gasteiger partial charge is 0.416 e. The number of benzene rings is 1. The standard InChI is InChI=1S/C12H9BrF3N3O/c1-19-6-7(5-17-19)11(20)18-10-4-8(12(14,15)16)2-3-9(10)13/h2-6H,1H3,(H,18,20). The number of carbonyl (C=O) groups is 1. The first-order valence-corrected chi connectivity index (χ1v) is 6.23. The Morgan fingerprint density at radius 2 is 2.10 bits per heavy atom. The van der Waals surface area contributed by atoms with Crippen LogP contribution in [0.25, 0.3) is 0 Å². The highest BCUT2D eigenvalue weighted by Crippen LogP contribution is 2.34. The van der Waals surface area contributed by atoms with Crippen molar-refractivity contribution in [3.05, 3.63) is 46.2 Å². The van der Waals surface area contributed by atoms with Gasteiger partial charge >= 0.3 is 6.18 Å². The molecule has 1 aromatic carbocycles. The van der Waals surface area contributed by atoms with E-state index in [4.69, 9.17) is 0 Å². The van der Waals surface area contributed by atoms with Gasteiger partial charge < -0.3 is 5.32 Å². The van der Waals surface area contributed by atoms with Crippen LogP contribution in [0.5, 0.6) is 0 Å². The summed E-state index contributed by atoms with van der Waals surface area (Å²) in [4.78, 5) is 11.9. The number of alkyl halides is 3. The van der Waals surface area contributed by atoms with Crippen molar-refractivity contribution in [2.75, 3.05) is 5.32 Å². The Balaban J connectivity index is 2.27. The van der Waals surface area contributed by atoms with Crippen LogP contribution < -0.4 is 5.32 Å². The fraction of sp³-hybridized carbons (Fsp3) is 0.167. The van der Waals surface area contributed by atoms with E-state index in [0.29, 0.717) is 4.47 Å². The number of halogens is 4. The molecule has 0 unspecified atom stereocenters. The lowest BCUT2D eigenvalue weighted by Crippen LogP contribution is -2.13. The Hall–Kier alpha value is -1.83. The van der Waals surface area contributed by atoms with Gasteiger partial charge in [-0.3, -0.25) is 9.48 Å². The zero-order valence-corrected chi connectivity index (χ0v) is 11.8. The first kappa shape index (κ1) is 14.6. The lowest BCUT2D eigenvalue weighted by molar-refractivity contribution is -0.137. The summed E-state index contributed by atoms with van der Waals surface area (Å²) in [5, 5.41) is 6.24. The molecular formula is C12H9BrF3N3O. The van der Waals surface area contributed by atoms with E-state index < -0.39 is 17.6 Å². The molecule has 4 nitrogen and oxygen atoms in total. The van der Waals surface area contributed by atoms with Gasteiger partial charge in [-0.25, -0.2) is 0 Å². The molecule has 0 spiro atoms. The molecule has 1 N–H and O–H groups in total. The van der Waals surface area contributed by atoms with Crippen LogP contribution in [0.1, 0.15) is 15.9 Å². The Morgan fingerprint density at radius 1 is 1.40 bits per heavy atom. The summed E-state index contributed by atoms with van der Waals surface area (Å²) in [5.41, 5.74) is -0.521. The van der Waals surface area contributed by atoms with Crippen LogP contribution in [-0.2, 0) is 13.2 Å². The number of rotatable bonds is 2. The minimum atomic E-state index is -4.46. The molecule has 1 aromatic heterocycles. The van der Waals surface area contributed by atoms with Crippen LogP contribution in [-0.4, -0.2) is 15.7 Å². The third-order valence-electron chi connectivity index (χ3n) is 2.51. The van der Waals surface area contributed by atoms with Gasteiger partial charge in [0.15, 0.2) is 0 Å². The number of hydrogen-bond donors (Lipinski definition) is 1. The molecule has 0 atom stereocenters. The minimum Gasteiger partial charge on any atom is -0.321 e. The fourth-order valence-corrected chi connectivity index (χ4v) is 1.88. The Kier molecular flexibility index (Phi) is 3.85. The van der Waals surface area contributed by atoms with Crippen molar-refractivity contribution in [1.29, 1.82) is 0 Å². The van der Waals surface area contributed by atoms with Crippen LogP contribution in [0.2, 0.25) is 0 Å². The first-order chi connectivity index (χ1) is 9.27. The van der Waals surface area contributed by atoms with Crippen molar-refractivity contribution in [3.8, 4) is 0 Å². The monoisotopic (exact) mass is 347 g/mol. The van der Waals surface area contributed by atoms with Gasteiger partial charge in [0.05, 0.1) is 23.0 Å². The predicted octanol–water partition coefficient (Wildman–Crippen LogP) is 3.45. The molecule has 106 valence electrons. The second-order valence-corrected chi connectivity index (χ2v) is 4.90. The maximum Gasteiger partial charge on any atom is 0.416 e. The number of amides is 1. The highest BCUT2D eigenvalue weighted by molar-refractivity contribution is 9.10. The van der Waals surface area contributed by atoms with Gasteiger partial charge in [0.25, 0.3) is 5.91 Å². The molecule has 2 aromatic rings. The quantitative estimate of drug-likeness (QED) is 0.904. The average Bonchev–Trinajstić information content (AvgIpc) is 2.77. The lowest BCUT2D eigenvalue weighted by Gasteiger charge is -2.11. The van der Waals surface area contributed by atoms with E-state index in [9.17, 15) is 18.0 Å². The summed E-state index contributed by atoms with van der Waals surface area (Å²) in [6.07, 6.45) is -1.66. The van der Waals surface area contributed by atoms with Gasteiger partial charge in [0, 0.05) is 17.7 Å². The van der Waals surface area contributed by atoms with E-state index in [-0.39, 0.29) is 11.3 Å². The van der Waals surface area contributed by atoms with Crippen molar-refractivity contribution >= 4 is 27.5 Å². The first-order valence-electron chi connectivity index (χ1n) is 5.44. The van der Waals surface area contributed by atoms with Crippen molar-refractivity contribution in [1.82, 2.24) is 9.78 Å².